The van der Waals surface area contributed by atoms with Crippen LogP contribution < -0.4 is 0 Å². The van der Waals surface area contributed by atoms with Crippen molar-refractivity contribution in [3.63, 3.8) is 0 Å². The number of fused-ring (bicyclic) bond motifs is 1. The molecule has 3 atom stereocenters. The number of nitrogens with zero attached hydrogens (tertiary/aromatic N) is 2. The zero-order valence-corrected chi connectivity index (χ0v) is 18.7. The molecule has 2 nitrogen and oxygen atoms in total. The average Bonchev–Trinajstić information content (AvgIpc) is 3.04. The van der Waals surface area contributed by atoms with Crippen LogP contribution in [0, 0.1) is 23.2 Å². The zero-order valence-electron chi connectivity index (χ0n) is 16.2. The molecule has 0 amide bonds. The van der Waals surface area contributed by atoms with Crippen molar-refractivity contribution in [3.8, 4) is 0 Å². The number of halogens is 4. The van der Waals surface area contributed by atoms with E-state index < -0.39 is 11.7 Å². The van der Waals surface area contributed by atoms with E-state index in [0.717, 1.165) is 18.9 Å². The number of rotatable bonds is 3. The maximum Gasteiger partial charge on any atom is 0.416 e. The lowest BCUT2D eigenvalue weighted by atomic mass is 9.65. The van der Waals surface area contributed by atoms with Crippen molar-refractivity contribution in [1.29, 1.82) is 0 Å². The molecule has 0 saturated heterocycles. The topological polar surface area (TPSA) is 17.8 Å². The van der Waals surface area contributed by atoms with Crippen LogP contribution in [0.4, 0.5) is 13.2 Å². The quantitative estimate of drug-likeness (QED) is 0.471. The van der Waals surface area contributed by atoms with Gasteiger partial charge < -0.3 is 4.57 Å². The van der Waals surface area contributed by atoms with E-state index in [9.17, 15) is 13.2 Å². The fourth-order valence-electron chi connectivity index (χ4n) is 5.09. The Labute approximate surface area is 172 Å². The Kier molecular flexibility index (Phi) is 5.43. The first-order valence-electron chi connectivity index (χ1n) is 9.36. The molecular weight excluding hydrogens is 437 g/mol. The maximum atomic E-state index is 13.4. The van der Waals surface area contributed by atoms with Crippen LogP contribution in [0.2, 0.25) is 0 Å². The van der Waals surface area contributed by atoms with Gasteiger partial charge in [0.1, 0.15) is 5.52 Å². The minimum Gasteiger partial charge on any atom is -0.315 e. The zero-order chi connectivity index (χ0) is 20.3. The predicted molar refractivity (Wildman–Crippen MR) is 109 cm³/mol. The molecular formula is C20H26BrF3N2S. The van der Waals surface area contributed by atoms with Crippen LogP contribution in [0.1, 0.15) is 59.1 Å². The summed E-state index contributed by atoms with van der Waals surface area (Å²) < 4.78 is 42.5. The minimum atomic E-state index is -4.40. The van der Waals surface area contributed by atoms with E-state index in [1.54, 1.807) is 0 Å². The van der Waals surface area contributed by atoms with Gasteiger partial charge in [-0.2, -0.15) is 13.2 Å². The number of hydrogen-bond donors (Lipinski definition) is 1. The van der Waals surface area contributed by atoms with Gasteiger partial charge in [-0.1, -0.05) is 34.6 Å². The van der Waals surface area contributed by atoms with Crippen LogP contribution >= 0.6 is 28.6 Å². The van der Waals surface area contributed by atoms with E-state index >= 15 is 0 Å². The number of alkyl halides is 3. The fourth-order valence-corrected chi connectivity index (χ4v) is 5.98. The summed E-state index contributed by atoms with van der Waals surface area (Å²) in [6.45, 7) is 11.2. The standard InChI is InChI=1S/C20H26BrF3N2S/c1-10(2)13-6-7-16(19(13,5)11(3)4)26-15-9-12(20(22,23)24)8-14(21)17(15)25-18(26)27/h8-11,13,16H,6-7H2,1-5H3,(H,25,27)/t13?,16?,19-/m0/s1. The lowest BCUT2D eigenvalue weighted by molar-refractivity contribution is -0.137. The summed E-state index contributed by atoms with van der Waals surface area (Å²) >= 11 is 7.84. The van der Waals surface area contributed by atoms with Crippen molar-refractivity contribution in [2.45, 2.75) is 64.8 Å². The molecule has 1 aliphatic carbocycles. The van der Waals surface area contributed by atoms with Crippen LogP contribution in [0.15, 0.2) is 21.8 Å². The van der Waals surface area contributed by atoms with Crippen molar-refractivity contribution < 1.29 is 13.2 Å². The van der Waals surface area contributed by atoms with Crippen LogP contribution in [0.3, 0.4) is 0 Å². The van der Waals surface area contributed by atoms with Gasteiger partial charge in [0.05, 0.1) is 11.1 Å². The lowest BCUT2D eigenvalue weighted by Gasteiger charge is -2.43. The SMILES string of the molecule is CC(C)C1CCC(n2c(S)nc3c(Br)cc(C(F)(F)F)cc32)[C@@]1(C)C(C)C. The number of imidazole rings is 1. The summed E-state index contributed by atoms with van der Waals surface area (Å²) in [4.78, 5) is 4.49. The van der Waals surface area contributed by atoms with Crippen LogP contribution in [0.5, 0.6) is 0 Å². The Balaban J connectivity index is 2.25. The third-order valence-corrected chi connectivity index (χ3v) is 7.61. The van der Waals surface area contributed by atoms with Gasteiger partial charge in [0.25, 0.3) is 0 Å². The molecule has 0 radical (unpaired) electrons. The first-order valence-corrected chi connectivity index (χ1v) is 10.6. The lowest BCUT2D eigenvalue weighted by Crippen LogP contribution is -2.38. The van der Waals surface area contributed by atoms with Gasteiger partial charge >= 0.3 is 6.18 Å². The molecule has 1 aromatic heterocycles. The third-order valence-electron chi connectivity index (χ3n) is 6.69. The third kappa shape index (κ3) is 3.33. The first-order chi connectivity index (χ1) is 12.4. The summed E-state index contributed by atoms with van der Waals surface area (Å²) in [5.74, 6) is 1.40. The van der Waals surface area contributed by atoms with Crippen molar-refractivity contribution in [2.24, 2.45) is 23.2 Å². The molecule has 1 heterocycles. The highest BCUT2D eigenvalue weighted by Crippen LogP contribution is 2.58. The Bertz CT molecular complexity index is 859. The molecule has 150 valence electrons. The van der Waals surface area contributed by atoms with Gasteiger partial charge in [0.2, 0.25) is 0 Å². The van der Waals surface area contributed by atoms with Crippen LogP contribution in [0.25, 0.3) is 11.0 Å². The maximum absolute atomic E-state index is 13.4. The van der Waals surface area contributed by atoms with Gasteiger partial charge in [0, 0.05) is 10.5 Å². The number of aromatic nitrogens is 2. The van der Waals surface area contributed by atoms with Gasteiger partial charge in [-0.25, -0.2) is 4.98 Å². The molecule has 3 rings (SSSR count). The molecule has 1 aliphatic rings. The highest BCUT2D eigenvalue weighted by Gasteiger charge is 2.51. The van der Waals surface area contributed by atoms with Crippen molar-refractivity contribution in [2.75, 3.05) is 0 Å². The largest absolute Gasteiger partial charge is 0.416 e. The Morgan fingerprint density at radius 1 is 1.22 bits per heavy atom. The molecule has 2 aromatic rings. The Morgan fingerprint density at radius 2 is 1.85 bits per heavy atom. The monoisotopic (exact) mass is 462 g/mol. The van der Waals surface area contributed by atoms with Gasteiger partial charge in [-0.05, 0) is 64.1 Å². The molecule has 1 aromatic carbocycles. The number of thiol groups is 1. The van der Waals surface area contributed by atoms with E-state index in [1.165, 1.54) is 6.07 Å². The van der Waals surface area contributed by atoms with E-state index in [-0.39, 0.29) is 11.5 Å². The van der Waals surface area contributed by atoms with E-state index in [1.807, 2.05) is 4.57 Å². The molecule has 1 fully saturated rings. The molecule has 27 heavy (non-hydrogen) atoms. The minimum absolute atomic E-state index is 0.0417. The molecule has 0 bridgehead atoms. The Morgan fingerprint density at radius 3 is 2.37 bits per heavy atom. The first kappa shape index (κ1) is 21.0. The van der Waals surface area contributed by atoms with Crippen molar-refractivity contribution in [1.82, 2.24) is 9.55 Å². The second kappa shape index (κ2) is 6.97. The number of hydrogen-bond acceptors (Lipinski definition) is 2. The average molecular weight is 463 g/mol. The Hall–Kier alpha value is -0.690. The highest BCUT2D eigenvalue weighted by atomic mass is 79.9. The molecule has 2 unspecified atom stereocenters. The highest BCUT2D eigenvalue weighted by molar-refractivity contribution is 9.10. The molecule has 0 N–H and O–H groups in total. The van der Waals surface area contributed by atoms with Gasteiger partial charge in [0.15, 0.2) is 5.16 Å². The number of benzene rings is 1. The van der Waals surface area contributed by atoms with Crippen molar-refractivity contribution in [3.05, 3.63) is 22.2 Å². The predicted octanol–water partition coefficient (Wildman–Crippen LogP) is 7.38. The summed E-state index contributed by atoms with van der Waals surface area (Å²) in [5.41, 5.74) is 0.330. The summed E-state index contributed by atoms with van der Waals surface area (Å²) in [6, 6.07) is 2.38. The summed E-state index contributed by atoms with van der Waals surface area (Å²) in [7, 11) is 0. The van der Waals surface area contributed by atoms with E-state index in [0.29, 0.717) is 38.4 Å². The van der Waals surface area contributed by atoms with Gasteiger partial charge in [-0.3, -0.25) is 0 Å². The van der Waals surface area contributed by atoms with Gasteiger partial charge in [-0.15, -0.1) is 12.6 Å². The second-order valence-corrected chi connectivity index (χ2v) is 9.82. The fraction of sp³-hybridized carbons (Fsp3) is 0.650. The molecule has 0 aliphatic heterocycles. The van der Waals surface area contributed by atoms with Crippen molar-refractivity contribution >= 4 is 39.6 Å². The van der Waals surface area contributed by atoms with E-state index in [2.05, 4.69) is 68.2 Å². The summed E-state index contributed by atoms with van der Waals surface area (Å²) in [5, 5.41) is 0.478. The van der Waals surface area contributed by atoms with Crippen LogP contribution in [-0.4, -0.2) is 9.55 Å². The second-order valence-electron chi connectivity index (χ2n) is 8.57. The molecule has 0 spiro atoms. The smallest absolute Gasteiger partial charge is 0.315 e. The summed E-state index contributed by atoms with van der Waals surface area (Å²) in [6.07, 6.45) is -2.42. The molecule has 7 heteroatoms. The van der Waals surface area contributed by atoms with E-state index in [4.69, 9.17) is 0 Å². The normalized spacial score (nSPS) is 26.7. The van der Waals surface area contributed by atoms with Crippen LogP contribution in [-0.2, 0) is 6.18 Å². The molecule has 1 saturated carbocycles.